The van der Waals surface area contributed by atoms with Crippen molar-refractivity contribution in [1.29, 1.82) is 0 Å². The standard InChI is InChI=1S/C12H13ClN4OS2/c1-17(2)10(18)7-19-12-16-15-11(20-12)14-9-5-3-4-8(13)6-9/h3-6H,7H2,1-2H3,(H,14,15). The lowest BCUT2D eigenvalue weighted by atomic mass is 10.3. The molecule has 2 aromatic rings. The van der Waals surface area contributed by atoms with Crippen LogP contribution >= 0.6 is 34.7 Å². The Morgan fingerprint density at radius 3 is 2.95 bits per heavy atom. The average molecular weight is 329 g/mol. The first-order valence-corrected chi connectivity index (χ1v) is 7.91. The molecular formula is C12H13ClN4OS2. The van der Waals surface area contributed by atoms with Crippen molar-refractivity contribution in [3.8, 4) is 0 Å². The first-order valence-electron chi connectivity index (χ1n) is 5.73. The van der Waals surface area contributed by atoms with Crippen LogP contribution in [0.2, 0.25) is 5.02 Å². The van der Waals surface area contributed by atoms with Crippen molar-refractivity contribution in [3.63, 3.8) is 0 Å². The molecule has 0 aliphatic rings. The van der Waals surface area contributed by atoms with Crippen molar-refractivity contribution in [3.05, 3.63) is 29.3 Å². The van der Waals surface area contributed by atoms with Crippen molar-refractivity contribution in [2.45, 2.75) is 4.34 Å². The summed E-state index contributed by atoms with van der Waals surface area (Å²) >= 11 is 8.69. The second kappa shape index (κ2) is 6.92. The van der Waals surface area contributed by atoms with E-state index in [-0.39, 0.29) is 5.91 Å². The quantitative estimate of drug-likeness (QED) is 0.855. The first kappa shape index (κ1) is 15.1. The average Bonchev–Trinajstić information content (AvgIpc) is 2.83. The lowest BCUT2D eigenvalue weighted by Crippen LogP contribution is -2.23. The zero-order valence-corrected chi connectivity index (χ0v) is 13.3. The van der Waals surface area contributed by atoms with Gasteiger partial charge >= 0.3 is 0 Å². The minimum Gasteiger partial charge on any atom is -0.348 e. The molecule has 2 rings (SSSR count). The van der Waals surface area contributed by atoms with Gasteiger partial charge in [-0.2, -0.15) is 0 Å². The highest BCUT2D eigenvalue weighted by Crippen LogP contribution is 2.28. The molecule has 1 N–H and O–H groups in total. The lowest BCUT2D eigenvalue weighted by Gasteiger charge is -2.07. The Morgan fingerprint density at radius 2 is 2.25 bits per heavy atom. The van der Waals surface area contributed by atoms with Gasteiger partial charge in [0.25, 0.3) is 0 Å². The predicted molar refractivity (Wildman–Crippen MR) is 84.1 cm³/mol. The molecule has 20 heavy (non-hydrogen) atoms. The Hall–Kier alpha value is -1.31. The summed E-state index contributed by atoms with van der Waals surface area (Å²) in [6, 6.07) is 7.37. The number of carbonyl (C=O) groups is 1. The van der Waals surface area contributed by atoms with Crippen LogP contribution in [-0.2, 0) is 4.79 Å². The van der Waals surface area contributed by atoms with E-state index in [1.165, 1.54) is 23.1 Å². The summed E-state index contributed by atoms with van der Waals surface area (Å²) in [6.07, 6.45) is 0. The Kier molecular flexibility index (Phi) is 5.22. The monoisotopic (exact) mass is 328 g/mol. The number of halogens is 1. The van der Waals surface area contributed by atoms with Crippen LogP contribution < -0.4 is 5.32 Å². The molecule has 0 fully saturated rings. The van der Waals surface area contributed by atoms with Gasteiger partial charge in [0.1, 0.15) is 0 Å². The Morgan fingerprint density at radius 1 is 1.45 bits per heavy atom. The van der Waals surface area contributed by atoms with Gasteiger partial charge in [0.05, 0.1) is 5.75 Å². The smallest absolute Gasteiger partial charge is 0.232 e. The molecule has 0 saturated heterocycles. The van der Waals surface area contributed by atoms with Gasteiger partial charge in [-0.3, -0.25) is 4.79 Å². The third kappa shape index (κ3) is 4.36. The summed E-state index contributed by atoms with van der Waals surface area (Å²) in [5.74, 6) is 0.410. The van der Waals surface area contributed by atoms with Crippen LogP contribution in [0.25, 0.3) is 0 Å². The topological polar surface area (TPSA) is 58.1 Å². The number of nitrogens with one attached hydrogen (secondary N) is 1. The zero-order valence-electron chi connectivity index (χ0n) is 11.0. The minimum absolute atomic E-state index is 0.0505. The van der Waals surface area contributed by atoms with Gasteiger partial charge in [-0.05, 0) is 18.2 Å². The zero-order chi connectivity index (χ0) is 14.5. The van der Waals surface area contributed by atoms with Crippen LogP contribution in [0.3, 0.4) is 0 Å². The van der Waals surface area contributed by atoms with Crippen molar-refractivity contribution in [1.82, 2.24) is 15.1 Å². The highest BCUT2D eigenvalue weighted by Gasteiger charge is 2.09. The molecule has 1 heterocycles. The number of hydrogen-bond donors (Lipinski definition) is 1. The molecule has 0 radical (unpaired) electrons. The van der Waals surface area contributed by atoms with Gasteiger partial charge in [-0.15, -0.1) is 10.2 Å². The highest BCUT2D eigenvalue weighted by atomic mass is 35.5. The number of anilines is 2. The molecule has 0 spiro atoms. The highest BCUT2D eigenvalue weighted by molar-refractivity contribution is 8.01. The second-order valence-corrected chi connectivity index (χ2v) is 6.72. The maximum absolute atomic E-state index is 11.5. The lowest BCUT2D eigenvalue weighted by molar-refractivity contribution is -0.125. The number of aromatic nitrogens is 2. The summed E-state index contributed by atoms with van der Waals surface area (Å²) in [5, 5.41) is 12.5. The van der Waals surface area contributed by atoms with E-state index >= 15 is 0 Å². The van der Waals surface area contributed by atoms with Crippen LogP contribution in [0.1, 0.15) is 0 Å². The van der Waals surface area contributed by atoms with Crippen LogP contribution in [0.4, 0.5) is 10.8 Å². The van der Waals surface area contributed by atoms with Crippen molar-refractivity contribution < 1.29 is 4.79 Å². The molecule has 1 amide bonds. The maximum Gasteiger partial charge on any atom is 0.232 e. The maximum atomic E-state index is 11.5. The molecule has 1 aromatic heterocycles. The number of amides is 1. The van der Waals surface area contributed by atoms with Crippen molar-refractivity contribution in [2.75, 3.05) is 25.2 Å². The number of carbonyl (C=O) groups excluding carboxylic acids is 1. The number of thioether (sulfide) groups is 1. The summed E-state index contributed by atoms with van der Waals surface area (Å²) < 4.78 is 0.754. The van der Waals surface area contributed by atoms with E-state index in [1.54, 1.807) is 25.1 Å². The van der Waals surface area contributed by atoms with Crippen LogP contribution in [0, 0.1) is 0 Å². The van der Waals surface area contributed by atoms with Gasteiger partial charge in [-0.25, -0.2) is 0 Å². The molecular weight excluding hydrogens is 316 g/mol. The SMILES string of the molecule is CN(C)C(=O)CSc1nnc(Nc2cccc(Cl)c2)s1. The molecule has 0 atom stereocenters. The normalized spacial score (nSPS) is 10.3. The van der Waals surface area contributed by atoms with E-state index in [0.29, 0.717) is 15.9 Å². The molecule has 0 unspecified atom stereocenters. The molecule has 8 heteroatoms. The van der Waals surface area contributed by atoms with Crippen molar-refractivity contribution in [2.24, 2.45) is 0 Å². The van der Waals surface area contributed by atoms with Crippen LogP contribution in [-0.4, -0.2) is 40.9 Å². The fraction of sp³-hybridized carbons (Fsp3) is 0.250. The molecule has 0 aliphatic heterocycles. The Labute approximate surface area is 130 Å². The number of benzene rings is 1. The Bertz CT molecular complexity index is 603. The van der Waals surface area contributed by atoms with E-state index in [4.69, 9.17) is 11.6 Å². The van der Waals surface area contributed by atoms with Gasteiger partial charge in [-0.1, -0.05) is 40.8 Å². The van der Waals surface area contributed by atoms with E-state index in [1.807, 2.05) is 18.2 Å². The van der Waals surface area contributed by atoms with Gasteiger partial charge in [0, 0.05) is 24.8 Å². The van der Waals surface area contributed by atoms with Crippen LogP contribution in [0.15, 0.2) is 28.6 Å². The summed E-state index contributed by atoms with van der Waals surface area (Å²) in [6.45, 7) is 0. The molecule has 0 bridgehead atoms. The summed E-state index contributed by atoms with van der Waals surface area (Å²) in [4.78, 5) is 13.0. The number of nitrogens with zero attached hydrogens (tertiary/aromatic N) is 3. The van der Waals surface area contributed by atoms with E-state index < -0.39 is 0 Å². The fourth-order valence-corrected chi connectivity index (χ4v) is 3.20. The van der Waals surface area contributed by atoms with Gasteiger partial charge in [0.15, 0.2) is 4.34 Å². The van der Waals surface area contributed by atoms with Gasteiger partial charge in [0.2, 0.25) is 11.0 Å². The molecule has 106 valence electrons. The third-order valence-corrected chi connectivity index (χ3v) is 4.49. The molecule has 1 aromatic carbocycles. The number of rotatable bonds is 5. The summed E-state index contributed by atoms with van der Waals surface area (Å²) in [5.41, 5.74) is 0.856. The largest absolute Gasteiger partial charge is 0.348 e. The summed E-state index contributed by atoms with van der Waals surface area (Å²) in [7, 11) is 3.46. The first-order chi connectivity index (χ1) is 9.54. The molecule has 0 saturated carbocycles. The van der Waals surface area contributed by atoms with E-state index in [9.17, 15) is 4.79 Å². The fourth-order valence-electron chi connectivity index (χ4n) is 1.26. The second-order valence-electron chi connectivity index (χ2n) is 4.09. The minimum atomic E-state index is 0.0505. The van der Waals surface area contributed by atoms with Crippen LogP contribution in [0.5, 0.6) is 0 Å². The van der Waals surface area contributed by atoms with E-state index in [2.05, 4.69) is 15.5 Å². The third-order valence-electron chi connectivity index (χ3n) is 2.30. The van der Waals surface area contributed by atoms with Gasteiger partial charge < -0.3 is 10.2 Å². The molecule has 5 nitrogen and oxygen atoms in total. The van der Waals surface area contributed by atoms with E-state index in [0.717, 1.165) is 10.0 Å². The van der Waals surface area contributed by atoms with Crippen molar-refractivity contribution >= 4 is 51.4 Å². The molecule has 0 aliphatic carbocycles. The Balaban J connectivity index is 1.94. The predicted octanol–water partition coefficient (Wildman–Crippen LogP) is 3.12. The number of hydrogen-bond acceptors (Lipinski definition) is 6.